The summed E-state index contributed by atoms with van der Waals surface area (Å²) in [6.45, 7) is 12.8. The van der Waals surface area contributed by atoms with E-state index in [1.807, 2.05) is 54.6 Å². The fraction of sp³-hybridized carbons (Fsp3) is 0.306. The van der Waals surface area contributed by atoms with Crippen molar-refractivity contribution in [1.29, 1.82) is 0 Å². The van der Waals surface area contributed by atoms with E-state index in [2.05, 4.69) is 51.0 Å². The Kier molecular flexibility index (Phi) is 9.45. The Morgan fingerprint density at radius 1 is 0.682 bits per heavy atom. The maximum atomic E-state index is 14.0. The van der Waals surface area contributed by atoms with Crippen LogP contribution in [0.1, 0.15) is 65.0 Å². The molecule has 0 radical (unpaired) electrons. The zero-order valence-corrected chi connectivity index (χ0v) is 26.6. The summed E-state index contributed by atoms with van der Waals surface area (Å²) in [6.07, 6.45) is -4.08. The maximum absolute atomic E-state index is 14.0. The first-order chi connectivity index (χ1) is 20.4. The van der Waals surface area contributed by atoms with Crippen molar-refractivity contribution in [2.75, 3.05) is 0 Å². The van der Waals surface area contributed by atoms with E-state index in [4.69, 9.17) is 0 Å². The van der Waals surface area contributed by atoms with Gasteiger partial charge in [-0.15, -0.1) is 0 Å². The van der Waals surface area contributed by atoms with E-state index >= 15 is 0 Å². The molecule has 8 heteroatoms. The second-order valence-corrected chi connectivity index (χ2v) is 14.8. The van der Waals surface area contributed by atoms with Crippen LogP contribution in [0.3, 0.4) is 0 Å². The molecule has 4 aromatic rings. The lowest BCUT2D eigenvalue weighted by atomic mass is 9.69. The summed E-state index contributed by atoms with van der Waals surface area (Å²) in [4.78, 5) is -0.274. The minimum absolute atomic E-state index is 0.0414. The number of benzene rings is 4. The highest BCUT2D eigenvalue weighted by Crippen LogP contribution is 2.43. The van der Waals surface area contributed by atoms with Gasteiger partial charge in [0, 0.05) is 5.56 Å². The molecule has 44 heavy (non-hydrogen) atoms. The van der Waals surface area contributed by atoms with Crippen molar-refractivity contribution in [1.82, 2.24) is 0 Å². The monoisotopic (exact) mass is 621 g/mol. The van der Waals surface area contributed by atoms with Crippen molar-refractivity contribution in [3.8, 4) is 22.3 Å². The first kappa shape index (κ1) is 33.0. The molecule has 0 aromatic heterocycles. The molecule has 0 aliphatic carbocycles. The van der Waals surface area contributed by atoms with Gasteiger partial charge in [-0.05, 0) is 63.1 Å². The van der Waals surface area contributed by atoms with Crippen LogP contribution < -0.4 is 0 Å². The van der Waals surface area contributed by atoms with Gasteiger partial charge in [0.15, 0.2) is 5.71 Å². The van der Waals surface area contributed by atoms with Crippen LogP contribution in [0.25, 0.3) is 22.3 Å². The van der Waals surface area contributed by atoms with E-state index in [-0.39, 0.29) is 27.2 Å². The van der Waals surface area contributed by atoms with Gasteiger partial charge >= 0.3 is 16.3 Å². The summed E-state index contributed by atoms with van der Waals surface area (Å²) in [6, 6.07) is 29.2. The van der Waals surface area contributed by atoms with Crippen LogP contribution in [-0.4, -0.2) is 20.3 Å². The van der Waals surface area contributed by atoms with Gasteiger partial charge in [0.2, 0.25) is 0 Å². The van der Waals surface area contributed by atoms with Crippen molar-refractivity contribution in [2.45, 2.75) is 65.0 Å². The average Bonchev–Trinajstić information content (AvgIpc) is 2.95. The van der Waals surface area contributed by atoms with Crippen molar-refractivity contribution < 1.29 is 25.9 Å². The van der Waals surface area contributed by atoms with E-state index in [9.17, 15) is 21.6 Å². The summed E-state index contributed by atoms with van der Waals surface area (Å²) in [5, 5.41) is 3.11. The number of alkyl halides is 3. The summed E-state index contributed by atoms with van der Waals surface area (Å²) >= 11 is 0. The fourth-order valence-electron chi connectivity index (χ4n) is 5.11. The smallest absolute Gasteiger partial charge is 0.264 e. The summed E-state index contributed by atoms with van der Waals surface area (Å²) < 4.78 is 72.4. The molecule has 0 fully saturated rings. The Labute approximate surface area is 258 Å². The predicted molar refractivity (Wildman–Crippen MR) is 171 cm³/mol. The molecular formula is C36H38F3NO3S. The molecule has 0 aliphatic rings. The Balaban J connectivity index is 1.55. The van der Waals surface area contributed by atoms with Gasteiger partial charge in [-0.3, -0.25) is 4.28 Å². The summed E-state index contributed by atoms with van der Waals surface area (Å²) in [7, 11) is -4.60. The van der Waals surface area contributed by atoms with Crippen molar-refractivity contribution in [3.05, 3.63) is 114 Å². The maximum Gasteiger partial charge on any atom is 0.437 e. The summed E-state index contributed by atoms with van der Waals surface area (Å²) in [5.41, 5.74) is 2.73. The lowest BCUT2D eigenvalue weighted by molar-refractivity contribution is -0.0597. The van der Waals surface area contributed by atoms with Crippen LogP contribution >= 0.6 is 0 Å². The van der Waals surface area contributed by atoms with Crippen molar-refractivity contribution >= 4 is 15.8 Å². The van der Waals surface area contributed by atoms with E-state index < -0.39 is 22.0 Å². The quantitative estimate of drug-likeness (QED) is 0.145. The SMILES string of the molecule is CC(C)(C)CC(c1ccc(S(=O)(=O)ON=C(c2ccc(-c3ccc(-c4ccccc4)cc3)cc2)C(F)(F)F)cc1)C(C)(C)C. The number of oxime groups is 1. The molecule has 0 aliphatic heterocycles. The number of nitrogens with zero attached hydrogens (tertiary/aromatic N) is 1. The lowest BCUT2D eigenvalue weighted by Crippen LogP contribution is -2.25. The average molecular weight is 622 g/mol. The first-order valence-corrected chi connectivity index (χ1v) is 15.8. The van der Waals surface area contributed by atoms with Crippen molar-refractivity contribution in [3.63, 3.8) is 0 Å². The highest BCUT2D eigenvalue weighted by Gasteiger charge is 2.38. The highest BCUT2D eigenvalue weighted by atomic mass is 32.2. The largest absolute Gasteiger partial charge is 0.437 e. The standard InChI is InChI=1S/C36H38F3NO3S/c1-34(2,3)24-32(35(4,5)6)29-20-22-31(23-21-29)44(41,42)43-40-33(36(37,38)39)30-18-16-28(17-19-30)27-14-12-26(13-15-27)25-10-8-7-9-11-25/h7-23,32H,24H2,1-6H3. The third-order valence-electron chi connectivity index (χ3n) is 7.41. The highest BCUT2D eigenvalue weighted by molar-refractivity contribution is 7.86. The molecule has 0 N–H and O–H groups in total. The second-order valence-electron chi connectivity index (χ2n) is 13.2. The molecule has 1 unspecified atom stereocenters. The van der Waals surface area contributed by atoms with E-state index in [0.717, 1.165) is 28.7 Å². The van der Waals surface area contributed by atoms with Crippen molar-refractivity contribution in [2.24, 2.45) is 16.0 Å². The number of hydrogen-bond acceptors (Lipinski definition) is 4. The molecule has 0 spiro atoms. The lowest BCUT2D eigenvalue weighted by Gasteiger charge is -2.36. The molecule has 0 saturated carbocycles. The van der Waals surface area contributed by atoms with Gasteiger partial charge in [0.05, 0.1) is 0 Å². The molecule has 0 amide bonds. The molecule has 0 bridgehead atoms. The van der Waals surface area contributed by atoms with Crippen LogP contribution in [0, 0.1) is 10.8 Å². The Hall–Kier alpha value is -3.91. The molecule has 232 valence electrons. The Morgan fingerprint density at radius 2 is 1.14 bits per heavy atom. The number of rotatable bonds is 8. The van der Waals surface area contributed by atoms with Crippen LogP contribution in [0.15, 0.2) is 113 Å². The van der Waals surface area contributed by atoms with E-state index in [1.54, 1.807) is 12.1 Å². The molecular weight excluding hydrogens is 583 g/mol. The van der Waals surface area contributed by atoms with Crippen LogP contribution in [-0.2, 0) is 14.4 Å². The van der Waals surface area contributed by atoms with E-state index in [1.165, 1.54) is 36.4 Å². The number of halogens is 3. The van der Waals surface area contributed by atoms with Gasteiger partial charge in [-0.2, -0.15) is 21.6 Å². The van der Waals surface area contributed by atoms with Gasteiger partial charge < -0.3 is 0 Å². The number of hydrogen-bond donors (Lipinski definition) is 0. The molecule has 0 heterocycles. The molecule has 4 aromatic carbocycles. The fourth-order valence-corrected chi connectivity index (χ4v) is 5.84. The molecule has 1 atom stereocenters. The molecule has 4 rings (SSSR count). The first-order valence-electron chi connectivity index (χ1n) is 14.4. The molecule has 4 nitrogen and oxygen atoms in total. The Bertz CT molecular complexity index is 1680. The van der Waals surface area contributed by atoms with E-state index in [0.29, 0.717) is 5.56 Å². The van der Waals surface area contributed by atoms with Gasteiger partial charge in [-0.1, -0.05) is 138 Å². The van der Waals surface area contributed by atoms with Gasteiger partial charge in [-0.25, -0.2) is 0 Å². The third kappa shape index (κ3) is 8.38. The zero-order valence-electron chi connectivity index (χ0n) is 25.8. The van der Waals surface area contributed by atoms with Gasteiger partial charge in [0.25, 0.3) is 0 Å². The Morgan fingerprint density at radius 3 is 1.57 bits per heavy atom. The normalized spacial score (nSPS) is 13.9. The van der Waals surface area contributed by atoms with Crippen LogP contribution in [0.5, 0.6) is 0 Å². The topological polar surface area (TPSA) is 55.7 Å². The minimum Gasteiger partial charge on any atom is -0.264 e. The van der Waals surface area contributed by atoms with Gasteiger partial charge in [0.1, 0.15) is 4.90 Å². The zero-order chi connectivity index (χ0) is 32.3. The predicted octanol–water partition coefficient (Wildman–Crippen LogP) is 10.3. The summed E-state index contributed by atoms with van der Waals surface area (Å²) in [5.74, 6) is 0.139. The van der Waals surface area contributed by atoms with Crippen LogP contribution in [0.2, 0.25) is 0 Å². The van der Waals surface area contributed by atoms with Crippen LogP contribution in [0.4, 0.5) is 13.2 Å². The third-order valence-corrected chi connectivity index (χ3v) is 8.53. The second kappa shape index (κ2) is 12.6. The minimum atomic E-state index is -4.95. The molecule has 0 saturated heterocycles.